The van der Waals surface area contributed by atoms with Crippen molar-refractivity contribution in [2.45, 2.75) is 25.2 Å². The quantitative estimate of drug-likeness (QED) is 0.350. The summed E-state index contributed by atoms with van der Waals surface area (Å²) in [7, 11) is 0. The molecule has 0 aliphatic carbocycles. The number of hydrogen-bond donors (Lipinski definition) is 2. The summed E-state index contributed by atoms with van der Waals surface area (Å²) in [5.41, 5.74) is 2.00. The average Bonchev–Trinajstić information content (AvgIpc) is 3.34. The van der Waals surface area contributed by atoms with Gasteiger partial charge in [-0.15, -0.1) is 5.10 Å². The molecule has 174 valence electrons. The first kappa shape index (κ1) is 23.5. The van der Waals surface area contributed by atoms with E-state index in [9.17, 15) is 9.59 Å². The van der Waals surface area contributed by atoms with Crippen LogP contribution in [0.1, 0.15) is 23.4 Å². The molecule has 9 nitrogen and oxygen atoms in total. The minimum Gasteiger partial charge on any atom is -0.486 e. The zero-order valence-corrected chi connectivity index (χ0v) is 19.5. The maximum atomic E-state index is 11.8. The summed E-state index contributed by atoms with van der Waals surface area (Å²) in [6.45, 7) is 1.97. The Morgan fingerprint density at radius 2 is 2.06 bits per heavy atom. The highest BCUT2D eigenvalue weighted by molar-refractivity contribution is 8.15. The van der Waals surface area contributed by atoms with Gasteiger partial charge in [0.25, 0.3) is 0 Å². The van der Waals surface area contributed by atoms with Gasteiger partial charge in [-0.3, -0.25) is 9.59 Å². The second-order valence-electron chi connectivity index (χ2n) is 7.17. The van der Waals surface area contributed by atoms with E-state index in [0.717, 1.165) is 11.8 Å². The molecule has 0 radical (unpaired) electrons. The number of carbonyl (C=O) groups is 2. The largest absolute Gasteiger partial charge is 0.486 e. The van der Waals surface area contributed by atoms with Crippen molar-refractivity contribution in [2.24, 2.45) is 10.2 Å². The Labute approximate surface area is 203 Å². The van der Waals surface area contributed by atoms with E-state index in [1.165, 1.54) is 6.21 Å². The normalized spacial score (nSPS) is 16.8. The van der Waals surface area contributed by atoms with Crippen molar-refractivity contribution in [2.75, 3.05) is 0 Å². The van der Waals surface area contributed by atoms with Crippen LogP contribution in [0, 0.1) is 6.92 Å². The predicted molar refractivity (Wildman–Crippen MR) is 129 cm³/mol. The fourth-order valence-corrected chi connectivity index (χ4v) is 4.20. The van der Waals surface area contributed by atoms with Crippen molar-refractivity contribution in [1.82, 2.24) is 10.3 Å². The van der Waals surface area contributed by atoms with Crippen LogP contribution < -0.4 is 10.1 Å². The minimum absolute atomic E-state index is 0.169. The molecule has 11 heteroatoms. The third-order valence-electron chi connectivity index (χ3n) is 4.76. The Morgan fingerprint density at radius 3 is 2.85 bits per heavy atom. The van der Waals surface area contributed by atoms with Crippen LogP contribution in [0.3, 0.4) is 0 Å². The first-order valence-corrected chi connectivity index (χ1v) is 11.4. The molecule has 1 aliphatic rings. The summed E-state index contributed by atoms with van der Waals surface area (Å²) in [5.74, 6) is 0.149. The van der Waals surface area contributed by atoms with Crippen LogP contribution in [0.2, 0.25) is 5.02 Å². The fraction of sp³-hybridized carbons (Fsp3) is 0.174. The molecule has 3 aromatic rings. The number of carbonyl (C=O) groups excluding carboxylic acids is 1. The Hall–Kier alpha value is -3.63. The van der Waals surface area contributed by atoms with E-state index in [1.54, 1.807) is 25.1 Å². The first-order chi connectivity index (χ1) is 16.4. The number of carboxylic acid groups (broad SMARTS) is 1. The van der Waals surface area contributed by atoms with E-state index in [1.807, 2.05) is 30.3 Å². The van der Waals surface area contributed by atoms with Crippen molar-refractivity contribution in [3.05, 3.63) is 70.6 Å². The lowest BCUT2D eigenvalue weighted by Gasteiger charge is -2.07. The van der Waals surface area contributed by atoms with Gasteiger partial charge in [0.05, 0.1) is 23.2 Å². The van der Waals surface area contributed by atoms with Crippen molar-refractivity contribution in [3.63, 3.8) is 0 Å². The number of thioether (sulfide) groups is 1. The number of benzene rings is 2. The van der Waals surface area contributed by atoms with Gasteiger partial charge >= 0.3 is 5.97 Å². The number of amidine groups is 1. The maximum absolute atomic E-state index is 11.8. The smallest absolute Gasteiger partial charge is 0.305 e. The number of nitrogens with one attached hydrogen (secondary N) is 1. The number of amides is 1. The lowest BCUT2D eigenvalue weighted by atomic mass is 10.2. The number of halogens is 1. The Bertz CT molecular complexity index is 1290. The van der Waals surface area contributed by atoms with Gasteiger partial charge in [0, 0.05) is 5.56 Å². The highest BCUT2D eigenvalue weighted by Gasteiger charge is 2.32. The summed E-state index contributed by atoms with van der Waals surface area (Å²) < 4.78 is 11.7. The molecule has 1 unspecified atom stereocenters. The van der Waals surface area contributed by atoms with Gasteiger partial charge in [0.15, 0.2) is 5.17 Å². The second kappa shape index (κ2) is 10.5. The lowest BCUT2D eigenvalue weighted by molar-refractivity contribution is -0.138. The standard InChI is InChI=1S/C23H19ClN4O5S/c1-13-17(26-22(33-13)15-7-3-4-8-16(15)24)12-32-18-9-5-2-6-14(18)11-25-28-23-27-21(31)19(34-23)10-20(29)30/h2-9,11,19H,10,12H2,1H3,(H,29,30)(H,27,28,31). The molecule has 1 atom stereocenters. The van der Waals surface area contributed by atoms with E-state index >= 15 is 0 Å². The summed E-state index contributed by atoms with van der Waals surface area (Å²) in [4.78, 5) is 27.1. The van der Waals surface area contributed by atoms with Gasteiger partial charge < -0.3 is 19.6 Å². The number of aryl methyl sites for hydroxylation is 1. The number of para-hydroxylation sites is 1. The molecule has 0 saturated carbocycles. The third kappa shape index (κ3) is 5.64. The Morgan fingerprint density at radius 1 is 1.29 bits per heavy atom. The molecule has 1 aliphatic heterocycles. The van der Waals surface area contributed by atoms with Gasteiger partial charge in [0.1, 0.15) is 29.1 Å². The van der Waals surface area contributed by atoms with Gasteiger partial charge in [-0.1, -0.05) is 47.6 Å². The van der Waals surface area contributed by atoms with Gasteiger partial charge in [-0.05, 0) is 31.2 Å². The van der Waals surface area contributed by atoms with Crippen LogP contribution in [0.25, 0.3) is 11.5 Å². The average molecular weight is 499 g/mol. The molecule has 2 heterocycles. The van der Waals surface area contributed by atoms with Crippen LogP contribution in [0.5, 0.6) is 5.75 Å². The summed E-state index contributed by atoms with van der Waals surface area (Å²) in [5, 5.41) is 19.4. The fourth-order valence-electron chi connectivity index (χ4n) is 3.07. The summed E-state index contributed by atoms with van der Waals surface area (Å²) >= 11 is 7.27. The van der Waals surface area contributed by atoms with E-state index in [2.05, 4.69) is 20.5 Å². The zero-order chi connectivity index (χ0) is 24.1. The SMILES string of the molecule is Cc1oc(-c2ccccc2Cl)nc1COc1ccccc1C=NN=C1NC(=O)C(CC(=O)O)S1. The molecular weight excluding hydrogens is 480 g/mol. The van der Waals surface area contributed by atoms with E-state index in [4.69, 9.17) is 25.9 Å². The lowest BCUT2D eigenvalue weighted by Crippen LogP contribution is -2.26. The van der Waals surface area contributed by atoms with Crippen molar-refractivity contribution >= 4 is 46.6 Å². The maximum Gasteiger partial charge on any atom is 0.305 e. The molecular formula is C23H19ClN4O5S. The Kier molecular flexibility index (Phi) is 7.29. The van der Waals surface area contributed by atoms with Crippen molar-refractivity contribution in [3.8, 4) is 17.2 Å². The topological polar surface area (TPSA) is 126 Å². The monoisotopic (exact) mass is 498 g/mol. The van der Waals surface area contributed by atoms with E-state index in [-0.39, 0.29) is 18.2 Å². The molecule has 1 fully saturated rings. The first-order valence-electron chi connectivity index (χ1n) is 10.1. The summed E-state index contributed by atoms with van der Waals surface area (Å²) in [6.07, 6.45) is 1.21. The highest BCUT2D eigenvalue weighted by atomic mass is 35.5. The third-order valence-corrected chi connectivity index (χ3v) is 6.16. The minimum atomic E-state index is -1.05. The van der Waals surface area contributed by atoms with Gasteiger partial charge in [0.2, 0.25) is 11.8 Å². The number of ether oxygens (including phenoxy) is 1. The molecule has 4 rings (SSSR count). The van der Waals surface area contributed by atoms with Gasteiger partial charge in [-0.25, -0.2) is 4.98 Å². The molecule has 0 bridgehead atoms. The van der Waals surface area contributed by atoms with Crippen LogP contribution in [0.4, 0.5) is 0 Å². The molecule has 2 aromatic carbocycles. The number of hydrogen-bond acceptors (Lipinski definition) is 8. The number of nitrogens with zero attached hydrogens (tertiary/aromatic N) is 3. The Balaban J connectivity index is 1.43. The zero-order valence-electron chi connectivity index (χ0n) is 17.9. The van der Waals surface area contributed by atoms with Crippen molar-refractivity contribution < 1.29 is 23.8 Å². The van der Waals surface area contributed by atoms with Gasteiger partial charge in [-0.2, -0.15) is 5.10 Å². The summed E-state index contributed by atoms with van der Waals surface area (Å²) in [6, 6.07) is 14.5. The number of aromatic nitrogens is 1. The highest BCUT2D eigenvalue weighted by Crippen LogP contribution is 2.29. The number of carboxylic acids is 1. The molecule has 1 aromatic heterocycles. The van der Waals surface area contributed by atoms with Crippen LogP contribution >= 0.6 is 23.4 Å². The van der Waals surface area contributed by atoms with Crippen LogP contribution in [-0.4, -0.2) is 38.6 Å². The number of oxazole rings is 1. The molecule has 0 spiro atoms. The molecule has 34 heavy (non-hydrogen) atoms. The van der Waals surface area contributed by atoms with Crippen LogP contribution in [0.15, 0.2) is 63.2 Å². The molecule has 1 amide bonds. The predicted octanol–water partition coefficient (Wildman–Crippen LogP) is 4.28. The molecule has 2 N–H and O–H groups in total. The van der Waals surface area contributed by atoms with Crippen LogP contribution in [-0.2, 0) is 16.2 Å². The number of aliphatic carboxylic acids is 1. The van der Waals surface area contributed by atoms with E-state index in [0.29, 0.717) is 39.2 Å². The van der Waals surface area contributed by atoms with E-state index < -0.39 is 17.1 Å². The van der Waals surface area contributed by atoms with Crippen molar-refractivity contribution in [1.29, 1.82) is 0 Å². The number of rotatable bonds is 8. The molecule has 1 saturated heterocycles. The second-order valence-corrected chi connectivity index (χ2v) is 8.77.